The van der Waals surface area contributed by atoms with Gasteiger partial charge in [0.25, 0.3) is 15.9 Å². The average molecular weight is 420 g/mol. The summed E-state index contributed by atoms with van der Waals surface area (Å²) in [5.74, 6) is 0.0979. The SMILES string of the molecule is COc1ccccc1NS(=O)(=O)c1cccc(C(=O)NCCN2CCOCC2)c1. The maximum atomic E-state index is 12.7. The molecule has 9 heteroatoms. The molecule has 156 valence electrons. The van der Waals surface area contributed by atoms with Crippen LogP contribution >= 0.6 is 0 Å². The van der Waals surface area contributed by atoms with Crippen molar-refractivity contribution in [1.29, 1.82) is 0 Å². The van der Waals surface area contributed by atoms with E-state index in [2.05, 4.69) is 14.9 Å². The molecule has 2 N–H and O–H groups in total. The van der Waals surface area contributed by atoms with Crippen molar-refractivity contribution in [2.24, 2.45) is 0 Å². The second kappa shape index (κ2) is 9.73. The van der Waals surface area contributed by atoms with Gasteiger partial charge in [0.1, 0.15) is 5.75 Å². The fourth-order valence-electron chi connectivity index (χ4n) is 2.99. The molecule has 0 saturated carbocycles. The largest absolute Gasteiger partial charge is 0.495 e. The highest BCUT2D eigenvalue weighted by Gasteiger charge is 2.18. The number of carbonyl (C=O) groups excluding carboxylic acids is 1. The summed E-state index contributed by atoms with van der Waals surface area (Å²) in [6, 6.07) is 12.7. The van der Waals surface area contributed by atoms with Crippen molar-refractivity contribution in [2.75, 3.05) is 51.2 Å². The molecule has 1 aliphatic heterocycles. The van der Waals surface area contributed by atoms with Crippen molar-refractivity contribution < 1.29 is 22.7 Å². The van der Waals surface area contributed by atoms with E-state index in [1.54, 1.807) is 36.4 Å². The zero-order chi connectivity index (χ0) is 20.7. The molecule has 1 aliphatic rings. The van der Waals surface area contributed by atoms with Gasteiger partial charge in [0.15, 0.2) is 0 Å². The van der Waals surface area contributed by atoms with Crippen LogP contribution in [-0.4, -0.2) is 65.7 Å². The van der Waals surface area contributed by atoms with E-state index < -0.39 is 10.0 Å². The molecule has 29 heavy (non-hydrogen) atoms. The quantitative estimate of drug-likeness (QED) is 0.674. The van der Waals surface area contributed by atoms with Gasteiger partial charge in [0, 0.05) is 31.7 Å². The minimum atomic E-state index is -3.87. The van der Waals surface area contributed by atoms with Crippen LogP contribution in [0.25, 0.3) is 0 Å². The van der Waals surface area contributed by atoms with Crippen molar-refractivity contribution >= 4 is 21.6 Å². The Labute approximate surface area is 170 Å². The molecule has 8 nitrogen and oxygen atoms in total. The van der Waals surface area contributed by atoms with Crippen LogP contribution in [-0.2, 0) is 14.8 Å². The highest BCUT2D eigenvalue weighted by molar-refractivity contribution is 7.92. The summed E-state index contributed by atoms with van der Waals surface area (Å²) in [7, 11) is -2.40. The topological polar surface area (TPSA) is 97.0 Å². The molecule has 0 unspecified atom stereocenters. The van der Waals surface area contributed by atoms with Gasteiger partial charge in [-0.25, -0.2) is 8.42 Å². The second-order valence-corrected chi connectivity index (χ2v) is 8.23. The molecule has 0 aliphatic carbocycles. The lowest BCUT2D eigenvalue weighted by molar-refractivity contribution is 0.0383. The van der Waals surface area contributed by atoms with Gasteiger partial charge in [0.05, 0.1) is 30.9 Å². The Balaban J connectivity index is 1.65. The maximum Gasteiger partial charge on any atom is 0.262 e. The lowest BCUT2D eigenvalue weighted by Crippen LogP contribution is -2.41. The van der Waals surface area contributed by atoms with Crippen LogP contribution in [0.15, 0.2) is 53.4 Å². The summed E-state index contributed by atoms with van der Waals surface area (Å²) in [5.41, 5.74) is 0.616. The van der Waals surface area contributed by atoms with Crippen LogP contribution in [0.1, 0.15) is 10.4 Å². The Bertz CT molecular complexity index is 943. The molecule has 1 saturated heterocycles. The van der Waals surface area contributed by atoms with Crippen molar-refractivity contribution in [3.63, 3.8) is 0 Å². The Morgan fingerprint density at radius 2 is 1.90 bits per heavy atom. The predicted molar refractivity (Wildman–Crippen MR) is 110 cm³/mol. The fourth-order valence-corrected chi connectivity index (χ4v) is 4.11. The van der Waals surface area contributed by atoms with Crippen LogP contribution in [0.4, 0.5) is 5.69 Å². The highest BCUT2D eigenvalue weighted by Crippen LogP contribution is 2.26. The van der Waals surface area contributed by atoms with Crippen LogP contribution in [0.2, 0.25) is 0 Å². The molecule has 1 fully saturated rings. The number of anilines is 1. The van der Waals surface area contributed by atoms with E-state index in [1.165, 1.54) is 19.2 Å². The van der Waals surface area contributed by atoms with Crippen LogP contribution in [0.5, 0.6) is 5.75 Å². The number of rotatable bonds is 8. The summed E-state index contributed by atoms with van der Waals surface area (Å²) in [6.07, 6.45) is 0. The average Bonchev–Trinajstić information content (AvgIpc) is 2.74. The number of amides is 1. The minimum absolute atomic E-state index is 0.00392. The van der Waals surface area contributed by atoms with Crippen molar-refractivity contribution in [2.45, 2.75) is 4.90 Å². The number of benzene rings is 2. The summed E-state index contributed by atoms with van der Waals surface area (Å²) in [4.78, 5) is 14.6. The molecule has 0 aromatic heterocycles. The number of sulfonamides is 1. The summed E-state index contributed by atoms with van der Waals surface area (Å²) < 4.78 is 38.5. The van der Waals surface area contributed by atoms with E-state index in [0.717, 1.165) is 19.6 Å². The molecular weight excluding hydrogens is 394 g/mol. The zero-order valence-electron chi connectivity index (χ0n) is 16.3. The van der Waals surface area contributed by atoms with Gasteiger partial charge < -0.3 is 14.8 Å². The Hall–Kier alpha value is -2.62. The molecule has 1 amide bonds. The van der Waals surface area contributed by atoms with Gasteiger partial charge in [-0.05, 0) is 30.3 Å². The fraction of sp³-hybridized carbons (Fsp3) is 0.350. The molecule has 2 aromatic carbocycles. The van der Waals surface area contributed by atoms with E-state index in [1.807, 2.05) is 0 Å². The zero-order valence-corrected chi connectivity index (χ0v) is 17.1. The molecular formula is C20H25N3O5S. The Kier molecular flexibility index (Phi) is 7.08. The van der Waals surface area contributed by atoms with Crippen LogP contribution in [0, 0.1) is 0 Å². The standard InChI is InChI=1S/C20H25N3O5S/c1-27-19-8-3-2-7-18(19)22-29(25,26)17-6-4-5-16(15-17)20(24)21-9-10-23-11-13-28-14-12-23/h2-8,15,22H,9-14H2,1H3,(H,21,24). The number of hydrogen-bond acceptors (Lipinski definition) is 6. The molecule has 0 bridgehead atoms. The first kappa shape index (κ1) is 21.1. The number of methoxy groups -OCH3 is 1. The summed E-state index contributed by atoms with van der Waals surface area (Å²) in [6.45, 7) is 4.30. The number of carbonyl (C=O) groups is 1. The first-order valence-electron chi connectivity index (χ1n) is 9.34. The van der Waals surface area contributed by atoms with Gasteiger partial charge in [-0.2, -0.15) is 0 Å². The third-order valence-electron chi connectivity index (χ3n) is 4.58. The molecule has 3 rings (SSSR count). The first-order valence-corrected chi connectivity index (χ1v) is 10.8. The molecule has 1 heterocycles. The monoisotopic (exact) mass is 419 g/mol. The second-order valence-electron chi connectivity index (χ2n) is 6.54. The van der Waals surface area contributed by atoms with E-state index in [4.69, 9.17) is 9.47 Å². The van der Waals surface area contributed by atoms with Crippen molar-refractivity contribution in [1.82, 2.24) is 10.2 Å². The number of hydrogen-bond donors (Lipinski definition) is 2. The number of morpholine rings is 1. The first-order chi connectivity index (χ1) is 14.0. The van der Waals surface area contributed by atoms with Gasteiger partial charge >= 0.3 is 0 Å². The number of para-hydroxylation sites is 2. The number of nitrogens with zero attached hydrogens (tertiary/aromatic N) is 1. The van der Waals surface area contributed by atoms with Crippen molar-refractivity contribution in [3.8, 4) is 5.75 Å². The van der Waals surface area contributed by atoms with Gasteiger partial charge in [-0.15, -0.1) is 0 Å². The van der Waals surface area contributed by atoms with E-state index >= 15 is 0 Å². The Morgan fingerprint density at radius 1 is 1.14 bits per heavy atom. The third kappa shape index (κ3) is 5.69. The summed E-state index contributed by atoms with van der Waals surface area (Å²) >= 11 is 0. The Morgan fingerprint density at radius 3 is 2.66 bits per heavy atom. The number of ether oxygens (including phenoxy) is 2. The van der Waals surface area contributed by atoms with E-state index in [0.29, 0.717) is 31.2 Å². The minimum Gasteiger partial charge on any atom is -0.495 e. The van der Waals surface area contributed by atoms with Crippen molar-refractivity contribution in [3.05, 3.63) is 54.1 Å². The number of nitrogens with one attached hydrogen (secondary N) is 2. The predicted octanol–water partition coefficient (Wildman–Crippen LogP) is 1.56. The van der Waals surface area contributed by atoms with E-state index in [9.17, 15) is 13.2 Å². The molecule has 0 radical (unpaired) electrons. The maximum absolute atomic E-state index is 12.7. The van der Waals surface area contributed by atoms with Gasteiger partial charge in [-0.3, -0.25) is 14.4 Å². The normalized spacial score (nSPS) is 14.9. The lowest BCUT2D eigenvalue weighted by atomic mass is 10.2. The molecule has 0 atom stereocenters. The van der Waals surface area contributed by atoms with Gasteiger partial charge in [0.2, 0.25) is 0 Å². The highest BCUT2D eigenvalue weighted by atomic mass is 32.2. The molecule has 2 aromatic rings. The third-order valence-corrected chi connectivity index (χ3v) is 5.94. The molecule has 0 spiro atoms. The smallest absolute Gasteiger partial charge is 0.262 e. The van der Waals surface area contributed by atoms with E-state index in [-0.39, 0.29) is 16.4 Å². The summed E-state index contributed by atoms with van der Waals surface area (Å²) in [5, 5.41) is 2.84. The van der Waals surface area contributed by atoms with Crippen LogP contribution < -0.4 is 14.8 Å². The van der Waals surface area contributed by atoms with Gasteiger partial charge in [-0.1, -0.05) is 18.2 Å². The lowest BCUT2D eigenvalue weighted by Gasteiger charge is -2.26. The van der Waals surface area contributed by atoms with Crippen LogP contribution in [0.3, 0.4) is 0 Å².